The van der Waals surface area contributed by atoms with Crippen molar-refractivity contribution in [3.8, 4) is 0 Å². The lowest BCUT2D eigenvalue weighted by Crippen LogP contribution is -2.19. The molecule has 1 aliphatic carbocycles. The van der Waals surface area contributed by atoms with Gasteiger partial charge in [-0.1, -0.05) is 11.6 Å². The molecule has 1 aromatic heterocycles. The van der Waals surface area contributed by atoms with Crippen LogP contribution < -0.4 is 4.90 Å². The number of ether oxygens (including phenoxy) is 1. The van der Waals surface area contributed by atoms with Crippen molar-refractivity contribution in [2.75, 3.05) is 19.1 Å². The summed E-state index contributed by atoms with van der Waals surface area (Å²) in [5.74, 6) is -4.15. The molecule has 0 N–H and O–H groups in total. The van der Waals surface area contributed by atoms with Crippen LogP contribution in [0.3, 0.4) is 0 Å². The van der Waals surface area contributed by atoms with E-state index in [-0.39, 0.29) is 22.5 Å². The highest BCUT2D eigenvalue weighted by Crippen LogP contribution is 2.41. The zero-order valence-corrected chi connectivity index (χ0v) is 14.1. The van der Waals surface area contributed by atoms with Crippen molar-refractivity contribution in [1.82, 2.24) is 9.97 Å². The predicted molar refractivity (Wildman–Crippen MR) is 84.7 cm³/mol. The fraction of sp³-hybridized carbons (Fsp3) is 0.312. The number of esters is 1. The van der Waals surface area contributed by atoms with Gasteiger partial charge in [-0.25, -0.2) is 27.9 Å². The summed E-state index contributed by atoms with van der Waals surface area (Å²) in [5.41, 5.74) is -0.877. The maximum Gasteiger partial charge on any atom is 0.358 e. The van der Waals surface area contributed by atoms with Crippen molar-refractivity contribution in [3.63, 3.8) is 0 Å². The summed E-state index contributed by atoms with van der Waals surface area (Å²) >= 11 is 6.16. The molecule has 1 heterocycles. The molecular formula is C16H13ClF3N3O2. The van der Waals surface area contributed by atoms with E-state index in [0.29, 0.717) is 11.9 Å². The molecule has 5 nitrogen and oxygen atoms in total. The topological polar surface area (TPSA) is 55.3 Å². The molecule has 0 saturated heterocycles. The number of benzene rings is 1. The second kappa shape index (κ2) is 6.51. The Hall–Kier alpha value is -2.35. The Bertz CT molecular complexity index is 859. The van der Waals surface area contributed by atoms with Crippen LogP contribution in [0.15, 0.2) is 12.1 Å². The third kappa shape index (κ3) is 3.13. The average Bonchev–Trinajstić information content (AvgIpc) is 3.43. The number of methoxy groups -OCH3 is 1. The summed E-state index contributed by atoms with van der Waals surface area (Å²) in [7, 11) is 2.43. The molecule has 0 unspecified atom stereocenters. The lowest BCUT2D eigenvalue weighted by atomic mass is 10.2. The molecule has 0 radical (unpaired) electrons. The molecule has 25 heavy (non-hydrogen) atoms. The van der Waals surface area contributed by atoms with Crippen LogP contribution >= 0.6 is 11.6 Å². The number of hydrogen-bond donors (Lipinski definition) is 0. The van der Waals surface area contributed by atoms with E-state index in [0.717, 1.165) is 30.9 Å². The number of nitrogens with zero attached hydrogens (tertiary/aromatic N) is 3. The smallest absolute Gasteiger partial charge is 0.358 e. The minimum Gasteiger partial charge on any atom is -0.464 e. The van der Waals surface area contributed by atoms with Crippen molar-refractivity contribution in [1.29, 1.82) is 0 Å². The van der Waals surface area contributed by atoms with Gasteiger partial charge in [-0.3, -0.25) is 0 Å². The number of halogens is 4. The Balaban J connectivity index is 2.17. The number of rotatable bonds is 4. The largest absolute Gasteiger partial charge is 0.464 e. The van der Waals surface area contributed by atoms with E-state index in [1.165, 1.54) is 7.05 Å². The van der Waals surface area contributed by atoms with Crippen LogP contribution in [-0.2, 0) is 4.74 Å². The highest BCUT2D eigenvalue weighted by atomic mass is 35.5. The summed E-state index contributed by atoms with van der Waals surface area (Å²) < 4.78 is 46.3. The molecule has 3 rings (SSSR count). The number of aromatic nitrogens is 2. The quantitative estimate of drug-likeness (QED) is 0.601. The predicted octanol–water partition coefficient (Wildman–Crippen LogP) is 3.98. The van der Waals surface area contributed by atoms with Gasteiger partial charge in [-0.15, -0.1) is 0 Å². The van der Waals surface area contributed by atoms with Crippen molar-refractivity contribution in [2.45, 2.75) is 18.8 Å². The van der Waals surface area contributed by atoms with Gasteiger partial charge >= 0.3 is 5.97 Å². The number of hydrogen-bond acceptors (Lipinski definition) is 5. The molecule has 1 aliphatic rings. The molecule has 0 atom stereocenters. The zero-order chi connectivity index (χ0) is 18.3. The molecule has 1 aromatic carbocycles. The molecule has 0 amide bonds. The van der Waals surface area contributed by atoms with Crippen LogP contribution in [0.2, 0.25) is 5.02 Å². The third-order valence-electron chi connectivity index (χ3n) is 3.85. The standard InChI is InChI=1S/C16H13ClF3N3O2/c1-23(13-9(19)6-5-8(18)11(13)20)15-10(17)12(16(24)25-2)21-14(22-15)7-3-4-7/h5-7H,3-4H2,1-2H3. The number of carbonyl (C=O) groups excluding carboxylic acids is 1. The Morgan fingerprint density at radius 3 is 2.48 bits per heavy atom. The van der Waals surface area contributed by atoms with Crippen molar-refractivity contribution in [2.24, 2.45) is 0 Å². The zero-order valence-electron chi connectivity index (χ0n) is 13.3. The number of anilines is 2. The van der Waals surface area contributed by atoms with E-state index in [2.05, 4.69) is 14.7 Å². The van der Waals surface area contributed by atoms with E-state index in [1.807, 2.05) is 0 Å². The molecule has 0 bridgehead atoms. The average molecular weight is 372 g/mol. The normalized spacial score (nSPS) is 13.7. The fourth-order valence-electron chi connectivity index (χ4n) is 2.36. The molecule has 0 aliphatic heterocycles. The maximum absolute atomic E-state index is 14.1. The molecule has 9 heteroatoms. The van der Waals surface area contributed by atoms with E-state index in [4.69, 9.17) is 11.6 Å². The molecular weight excluding hydrogens is 359 g/mol. The van der Waals surface area contributed by atoms with Gasteiger partial charge in [0.2, 0.25) is 0 Å². The second-order valence-corrected chi connectivity index (χ2v) is 5.96. The second-order valence-electron chi connectivity index (χ2n) is 5.58. The van der Waals surface area contributed by atoms with Gasteiger partial charge < -0.3 is 9.64 Å². The van der Waals surface area contributed by atoms with Gasteiger partial charge in [0.1, 0.15) is 22.4 Å². The molecule has 2 aromatic rings. The summed E-state index contributed by atoms with van der Waals surface area (Å²) in [6.45, 7) is 0. The Morgan fingerprint density at radius 1 is 1.24 bits per heavy atom. The first-order valence-corrected chi connectivity index (χ1v) is 7.76. The summed E-state index contributed by atoms with van der Waals surface area (Å²) in [4.78, 5) is 21.2. The Labute approximate surface area is 146 Å². The minimum absolute atomic E-state index is 0.0371. The van der Waals surface area contributed by atoms with Gasteiger partial charge in [0.25, 0.3) is 0 Å². The fourth-order valence-corrected chi connectivity index (χ4v) is 2.65. The molecule has 132 valence electrons. The summed E-state index contributed by atoms with van der Waals surface area (Å²) in [6.07, 6.45) is 1.65. The van der Waals surface area contributed by atoms with Gasteiger partial charge in [0, 0.05) is 13.0 Å². The van der Waals surface area contributed by atoms with E-state index in [9.17, 15) is 18.0 Å². The maximum atomic E-state index is 14.1. The van der Waals surface area contributed by atoms with E-state index >= 15 is 0 Å². The van der Waals surface area contributed by atoms with Crippen LogP contribution in [0.25, 0.3) is 0 Å². The van der Waals surface area contributed by atoms with Gasteiger partial charge in [-0.2, -0.15) is 0 Å². The van der Waals surface area contributed by atoms with E-state index in [1.54, 1.807) is 0 Å². The first-order chi connectivity index (χ1) is 11.8. The lowest BCUT2D eigenvalue weighted by molar-refractivity contribution is 0.0593. The van der Waals surface area contributed by atoms with Crippen molar-refractivity contribution >= 4 is 29.1 Å². The first kappa shape index (κ1) is 17.5. The highest BCUT2D eigenvalue weighted by Gasteiger charge is 2.32. The van der Waals surface area contributed by atoms with Crippen LogP contribution in [0.5, 0.6) is 0 Å². The third-order valence-corrected chi connectivity index (χ3v) is 4.19. The lowest BCUT2D eigenvalue weighted by Gasteiger charge is -2.22. The molecule has 0 spiro atoms. The Morgan fingerprint density at radius 2 is 1.88 bits per heavy atom. The van der Waals surface area contributed by atoms with Crippen LogP contribution in [0, 0.1) is 17.5 Å². The SMILES string of the molecule is COC(=O)c1nc(C2CC2)nc(N(C)c2c(F)ccc(F)c2F)c1Cl. The summed E-state index contributed by atoms with van der Waals surface area (Å²) in [6, 6.07) is 1.47. The van der Waals surface area contributed by atoms with Crippen LogP contribution in [0.4, 0.5) is 24.7 Å². The molecule has 1 saturated carbocycles. The highest BCUT2D eigenvalue weighted by molar-refractivity contribution is 6.35. The van der Waals surface area contributed by atoms with Crippen LogP contribution in [-0.4, -0.2) is 30.1 Å². The first-order valence-electron chi connectivity index (χ1n) is 7.38. The van der Waals surface area contributed by atoms with Gasteiger partial charge in [-0.05, 0) is 25.0 Å². The molecule has 1 fully saturated rings. The summed E-state index contributed by atoms with van der Waals surface area (Å²) in [5, 5.41) is -0.234. The number of carbonyl (C=O) groups is 1. The van der Waals surface area contributed by atoms with Gasteiger partial charge in [0.05, 0.1) is 7.11 Å². The van der Waals surface area contributed by atoms with Gasteiger partial charge in [0.15, 0.2) is 23.1 Å². The minimum atomic E-state index is -1.38. The van der Waals surface area contributed by atoms with Crippen LogP contribution in [0.1, 0.15) is 35.1 Å². The van der Waals surface area contributed by atoms with E-state index < -0.39 is 29.1 Å². The van der Waals surface area contributed by atoms with Crippen molar-refractivity contribution in [3.05, 3.63) is 46.1 Å². The monoisotopic (exact) mass is 371 g/mol. The Kier molecular flexibility index (Phi) is 4.55. The van der Waals surface area contributed by atoms with Crippen molar-refractivity contribution < 1.29 is 22.7 Å².